The average molecular weight is 449 g/mol. The summed E-state index contributed by atoms with van der Waals surface area (Å²) in [5.41, 5.74) is 9.13. The van der Waals surface area contributed by atoms with Crippen LogP contribution in [0.2, 0.25) is 0 Å². The number of benzene rings is 3. The largest absolute Gasteiger partial charge is 0.379 e. The van der Waals surface area contributed by atoms with Gasteiger partial charge in [-0.2, -0.15) is 5.26 Å². The summed E-state index contributed by atoms with van der Waals surface area (Å²) in [6.45, 7) is 8.64. The number of rotatable bonds is 5. The van der Waals surface area contributed by atoms with Crippen molar-refractivity contribution in [3.8, 4) is 17.2 Å². The predicted molar refractivity (Wildman–Crippen MR) is 137 cm³/mol. The van der Waals surface area contributed by atoms with Crippen molar-refractivity contribution >= 4 is 22.3 Å². The first kappa shape index (κ1) is 22.1. The summed E-state index contributed by atoms with van der Waals surface area (Å²) in [5.74, 6) is 0. The Morgan fingerprint density at radius 1 is 1.00 bits per heavy atom. The normalized spacial score (nSPS) is 14.1. The van der Waals surface area contributed by atoms with Crippen LogP contribution < -0.4 is 5.32 Å². The van der Waals surface area contributed by atoms with E-state index in [1.54, 1.807) is 6.20 Å². The van der Waals surface area contributed by atoms with Crippen molar-refractivity contribution in [1.29, 1.82) is 5.26 Å². The molecule has 1 saturated heterocycles. The molecule has 5 rings (SSSR count). The second-order valence-corrected chi connectivity index (χ2v) is 8.92. The molecule has 5 heteroatoms. The van der Waals surface area contributed by atoms with Crippen LogP contribution in [0.4, 0.5) is 11.4 Å². The van der Waals surface area contributed by atoms with Crippen LogP contribution in [0.1, 0.15) is 22.3 Å². The Hall–Kier alpha value is -3.72. The van der Waals surface area contributed by atoms with Crippen LogP contribution in [0.5, 0.6) is 0 Å². The molecule has 0 atom stereocenters. The molecule has 0 bridgehead atoms. The number of ether oxygens (including phenoxy) is 1. The second-order valence-electron chi connectivity index (χ2n) is 8.92. The SMILES string of the molecule is Cc1ccc(Nc2c(C#N)cnc3cc(-c4cccc(CN5CCOCC5)c4)ccc23)c(C)c1. The Kier molecular flexibility index (Phi) is 6.27. The van der Waals surface area contributed by atoms with Gasteiger partial charge in [0.2, 0.25) is 0 Å². The maximum absolute atomic E-state index is 9.73. The van der Waals surface area contributed by atoms with Gasteiger partial charge in [-0.15, -0.1) is 0 Å². The molecule has 1 aliphatic heterocycles. The van der Waals surface area contributed by atoms with Gasteiger partial charge in [0.05, 0.1) is 30.0 Å². The Balaban J connectivity index is 1.48. The maximum atomic E-state index is 9.73. The van der Waals surface area contributed by atoms with E-state index in [4.69, 9.17) is 4.74 Å². The molecule has 1 fully saturated rings. The third-order valence-electron chi connectivity index (χ3n) is 6.40. The molecule has 1 aliphatic rings. The van der Waals surface area contributed by atoms with Crippen molar-refractivity contribution in [3.63, 3.8) is 0 Å². The molecule has 5 nitrogen and oxygen atoms in total. The van der Waals surface area contributed by atoms with Gasteiger partial charge in [-0.3, -0.25) is 9.88 Å². The molecule has 170 valence electrons. The number of hydrogen-bond donors (Lipinski definition) is 1. The van der Waals surface area contributed by atoms with Crippen LogP contribution in [0.3, 0.4) is 0 Å². The standard InChI is InChI=1S/C29H28N4O/c1-20-6-9-27(21(2)14-20)32-29-25(17-30)18-31-28-16-24(7-8-26(28)29)23-5-3-4-22(15-23)19-33-10-12-34-13-11-33/h3-9,14-16,18H,10-13,19H2,1-2H3,(H,31,32). The van der Waals surface area contributed by atoms with Gasteiger partial charge in [-0.25, -0.2) is 0 Å². The molecule has 34 heavy (non-hydrogen) atoms. The van der Waals surface area contributed by atoms with Crippen molar-refractivity contribution in [2.75, 3.05) is 31.6 Å². The van der Waals surface area contributed by atoms with Crippen molar-refractivity contribution < 1.29 is 4.74 Å². The fourth-order valence-corrected chi connectivity index (χ4v) is 4.55. The maximum Gasteiger partial charge on any atom is 0.103 e. The highest BCUT2D eigenvalue weighted by atomic mass is 16.5. The lowest BCUT2D eigenvalue weighted by Crippen LogP contribution is -2.35. The predicted octanol–water partition coefficient (Wildman–Crippen LogP) is 5.97. The number of anilines is 2. The Morgan fingerprint density at radius 3 is 2.62 bits per heavy atom. The van der Waals surface area contributed by atoms with E-state index in [1.807, 2.05) is 0 Å². The molecule has 3 aromatic carbocycles. The third-order valence-corrected chi connectivity index (χ3v) is 6.40. The number of nitrogens with one attached hydrogen (secondary N) is 1. The monoisotopic (exact) mass is 448 g/mol. The van der Waals surface area contributed by atoms with Gasteiger partial charge >= 0.3 is 0 Å². The molecule has 1 aromatic heterocycles. The zero-order valence-corrected chi connectivity index (χ0v) is 19.6. The van der Waals surface area contributed by atoms with Gasteiger partial charge < -0.3 is 10.1 Å². The summed E-state index contributed by atoms with van der Waals surface area (Å²) in [6, 6.07) is 23.6. The lowest BCUT2D eigenvalue weighted by atomic mass is 10.00. The Bertz CT molecular complexity index is 1380. The van der Waals surface area contributed by atoms with E-state index < -0.39 is 0 Å². The number of pyridine rings is 1. The summed E-state index contributed by atoms with van der Waals surface area (Å²) in [7, 11) is 0. The number of fused-ring (bicyclic) bond motifs is 1. The van der Waals surface area contributed by atoms with Crippen LogP contribution in [0.25, 0.3) is 22.0 Å². The van der Waals surface area contributed by atoms with E-state index in [9.17, 15) is 5.26 Å². The quantitative estimate of drug-likeness (QED) is 0.408. The van der Waals surface area contributed by atoms with Gasteiger partial charge in [0, 0.05) is 36.9 Å². The topological polar surface area (TPSA) is 61.2 Å². The van der Waals surface area contributed by atoms with Gasteiger partial charge in [0.1, 0.15) is 6.07 Å². The van der Waals surface area contributed by atoms with Crippen molar-refractivity contribution in [2.24, 2.45) is 0 Å². The summed E-state index contributed by atoms with van der Waals surface area (Å²) in [5, 5.41) is 14.2. The van der Waals surface area contributed by atoms with Crippen molar-refractivity contribution in [3.05, 3.63) is 89.1 Å². The lowest BCUT2D eigenvalue weighted by Gasteiger charge is -2.26. The zero-order chi connectivity index (χ0) is 23.5. The summed E-state index contributed by atoms with van der Waals surface area (Å²) in [6.07, 6.45) is 1.66. The molecule has 0 radical (unpaired) electrons. The van der Waals surface area contributed by atoms with Crippen LogP contribution in [0, 0.1) is 25.2 Å². The first-order valence-corrected chi connectivity index (χ1v) is 11.7. The Labute approximate surface area is 200 Å². The zero-order valence-electron chi connectivity index (χ0n) is 19.6. The van der Waals surface area contributed by atoms with Crippen LogP contribution in [-0.2, 0) is 11.3 Å². The highest BCUT2D eigenvalue weighted by molar-refractivity contribution is 5.97. The summed E-state index contributed by atoms with van der Waals surface area (Å²) < 4.78 is 5.47. The molecular formula is C29H28N4O. The van der Waals surface area contributed by atoms with Crippen LogP contribution in [-0.4, -0.2) is 36.2 Å². The van der Waals surface area contributed by atoms with E-state index in [0.29, 0.717) is 5.56 Å². The minimum Gasteiger partial charge on any atom is -0.379 e. The van der Waals surface area contributed by atoms with E-state index in [-0.39, 0.29) is 0 Å². The highest BCUT2D eigenvalue weighted by Crippen LogP contribution is 2.33. The third kappa shape index (κ3) is 4.65. The van der Waals surface area contributed by atoms with Crippen LogP contribution in [0.15, 0.2) is 66.9 Å². The molecule has 0 amide bonds. The van der Waals surface area contributed by atoms with Gasteiger partial charge in [0.15, 0.2) is 0 Å². The number of nitriles is 1. The lowest BCUT2D eigenvalue weighted by molar-refractivity contribution is 0.0342. The van der Waals surface area contributed by atoms with Crippen molar-refractivity contribution in [2.45, 2.75) is 20.4 Å². The number of aromatic nitrogens is 1. The fraction of sp³-hybridized carbons (Fsp3) is 0.241. The number of nitrogens with zero attached hydrogens (tertiary/aromatic N) is 3. The number of aryl methyl sites for hydroxylation is 2. The van der Waals surface area contributed by atoms with Crippen LogP contribution >= 0.6 is 0 Å². The minimum absolute atomic E-state index is 0.535. The van der Waals surface area contributed by atoms with Crippen molar-refractivity contribution in [1.82, 2.24) is 9.88 Å². The smallest absolute Gasteiger partial charge is 0.103 e. The molecule has 0 aliphatic carbocycles. The molecule has 0 saturated carbocycles. The average Bonchev–Trinajstić information content (AvgIpc) is 2.86. The van der Waals surface area contributed by atoms with Gasteiger partial charge in [0.25, 0.3) is 0 Å². The molecule has 0 spiro atoms. The summed E-state index contributed by atoms with van der Waals surface area (Å²) in [4.78, 5) is 7.04. The van der Waals surface area contributed by atoms with Gasteiger partial charge in [-0.05, 0) is 54.3 Å². The Morgan fingerprint density at radius 2 is 1.82 bits per heavy atom. The van der Waals surface area contributed by atoms with E-state index in [0.717, 1.165) is 66.3 Å². The molecule has 1 N–H and O–H groups in total. The fourth-order valence-electron chi connectivity index (χ4n) is 4.55. The van der Waals surface area contributed by atoms with E-state index in [1.165, 1.54) is 16.7 Å². The number of morpholine rings is 1. The molecular weight excluding hydrogens is 420 g/mol. The molecule has 4 aromatic rings. The second kappa shape index (κ2) is 9.64. The number of hydrogen-bond acceptors (Lipinski definition) is 5. The first-order valence-electron chi connectivity index (χ1n) is 11.7. The highest BCUT2D eigenvalue weighted by Gasteiger charge is 2.13. The molecule has 0 unspecified atom stereocenters. The van der Waals surface area contributed by atoms with E-state index >= 15 is 0 Å². The summed E-state index contributed by atoms with van der Waals surface area (Å²) >= 11 is 0. The molecule has 2 heterocycles. The minimum atomic E-state index is 0.535. The first-order chi connectivity index (χ1) is 16.6. The van der Waals surface area contributed by atoms with E-state index in [2.05, 4.69) is 95.8 Å². The van der Waals surface area contributed by atoms with Gasteiger partial charge in [-0.1, -0.05) is 48.0 Å².